The second-order valence-corrected chi connectivity index (χ2v) is 7.60. The Labute approximate surface area is 140 Å². The summed E-state index contributed by atoms with van der Waals surface area (Å²) < 4.78 is 13.9. The Morgan fingerprint density at radius 3 is 2.74 bits per heavy atom. The fourth-order valence-corrected chi connectivity index (χ4v) is 4.48. The number of hydrogen-bond acceptors (Lipinski definition) is 4. The highest BCUT2D eigenvalue weighted by molar-refractivity contribution is 7.09. The van der Waals surface area contributed by atoms with Gasteiger partial charge in [0.25, 0.3) is 0 Å². The Bertz CT molecular complexity index is 620. The van der Waals surface area contributed by atoms with Crippen molar-refractivity contribution < 1.29 is 4.39 Å². The molecule has 1 aromatic heterocycles. The van der Waals surface area contributed by atoms with Crippen molar-refractivity contribution in [2.75, 3.05) is 13.1 Å². The van der Waals surface area contributed by atoms with Gasteiger partial charge in [-0.25, -0.2) is 9.37 Å². The molecule has 0 amide bonds. The molecular weight excluding hydrogens is 309 g/mol. The van der Waals surface area contributed by atoms with Crippen LogP contribution < -0.4 is 5.32 Å². The number of nitrogens with zero attached hydrogens (tertiary/aromatic N) is 2. The Morgan fingerprint density at radius 2 is 2.04 bits per heavy atom. The van der Waals surface area contributed by atoms with Crippen molar-refractivity contribution in [3.8, 4) is 0 Å². The molecule has 0 bridgehead atoms. The minimum absolute atomic E-state index is 0.276. The lowest BCUT2D eigenvalue weighted by Crippen LogP contribution is -2.41. The second kappa shape index (κ2) is 6.67. The summed E-state index contributed by atoms with van der Waals surface area (Å²) >= 11 is 1.65. The number of nitrogens with one attached hydrogen (secondary N) is 1. The van der Waals surface area contributed by atoms with E-state index in [1.807, 2.05) is 11.6 Å². The van der Waals surface area contributed by atoms with Crippen LogP contribution in [0, 0.1) is 0 Å². The molecule has 1 aromatic carbocycles. The third-order valence-electron chi connectivity index (χ3n) is 4.99. The van der Waals surface area contributed by atoms with Crippen LogP contribution in [-0.2, 0) is 19.4 Å². The molecule has 5 heteroatoms. The number of fused-ring (bicyclic) bond motifs is 1. The van der Waals surface area contributed by atoms with Gasteiger partial charge in [0.15, 0.2) is 0 Å². The summed E-state index contributed by atoms with van der Waals surface area (Å²) in [6.45, 7) is 2.18. The summed E-state index contributed by atoms with van der Waals surface area (Å²) in [5.74, 6) is 0. The van der Waals surface area contributed by atoms with Crippen LogP contribution in [0.5, 0.6) is 0 Å². The van der Waals surface area contributed by atoms with Crippen LogP contribution in [0.1, 0.15) is 22.6 Å². The topological polar surface area (TPSA) is 28.2 Å². The van der Waals surface area contributed by atoms with Crippen LogP contribution >= 0.6 is 11.3 Å². The fraction of sp³-hybridized carbons (Fsp3) is 0.500. The van der Waals surface area contributed by atoms with Crippen molar-refractivity contribution >= 4 is 11.3 Å². The molecular formula is C18H22FN3S. The second-order valence-electron chi connectivity index (χ2n) is 6.62. The van der Waals surface area contributed by atoms with Gasteiger partial charge in [-0.2, -0.15) is 0 Å². The average molecular weight is 331 g/mol. The van der Waals surface area contributed by atoms with Gasteiger partial charge < -0.3 is 5.32 Å². The molecule has 2 aromatic rings. The van der Waals surface area contributed by atoms with Gasteiger partial charge in [-0.1, -0.05) is 24.3 Å². The quantitative estimate of drug-likeness (QED) is 0.913. The van der Waals surface area contributed by atoms with E-state index in [2.05, 4.69) is 39.5 Å². The molecule has 1 aliphatic carbocycles. The summed E-state index contributed by atoms with van der Waals surface area (Å²) in [5.41, 5.74) is 2.92. The van der Waals surface area contributed by atoms with Crippen molar-refractivity contribution in [2.24, 2.45) is 0 Å². The van der Waals surface area contributed by atoms with E-state index in [0.29, 0.717) is 19.0 Å². The molecule has 4 rings (SSSR count). The van der Waals surface area contributed by atoms with Crippen LogP contribution in [0.15, 0.2) is 35.8 Å². The maximum Gasteiger partial charge on any atom is 0.114 e. The smallest absolute Gasteiger partial charge is 0.114 e. The average Bonchev–Trinajstić information content (AvgIpc) is 3.25. The van der Waals surface area contributed by atoms with Crippen LogP contribution in [-0.4, -0.2) is 41.2 Å². The molecule has 1 fully saturated rings. The molecule has 1 N–H and O–H groups in total. The SMILES string of the molecule is F[C@H]1C[C@@H](CNC2Cc3ccccc3C2)N(Cc2nccs2)C1. The van der Waals surface area contributed by atoms with Gasteiger partial charge in [-0.15, -0.1) is 11.3 Å². The van der Waals surface area contributed by atoms with E-state index in [0.717, 1.165) is 30.9 Å². The van der Waals surface area contributed by atoms with Crippen LogP contribution in [0.25, 0.3) is 0 Å². The molecule has 1 aliphatic heterocycles. The normalized spacial score (nSPS) is 25.1. The standard InChI is InChI=1S/C18H22FN3S/c19-15-9-17(22(11-15)12-18-20-5-6-23-18)10-21-16-7-13-3-1-2-4-14(13)8-16/h1-6,15-17,21H,7-12H2/t15-,17-/m0/s1. The Hall–Kier alpha value is -1.30. The molecule has 3 nitrogen and oxygen atoms in total. The minimum Gasteiger partial charge on any atom is -0.312 e. The highest BCUT2D eigenvalue weighted by atomic mass is 32.1. The van der Waals surface area contributed by atoms with Crippen molar-refractivity contribution in [2.45, 2.75) is 44.1 Å². The van der Waals surface area contributed by atoms with Crippen LogP contribution in [0.2, 0.25) is 0 Å². The summed E-state index contributed by atoms with van der Waals surface area (Å²) in [5, 5.41) is 6.74. The van der Waals surface area contributed by atoms with E-state index in [9.17, 15) is 4.39 Å². The third kappa shape index (κ3) is 3.47. The Kier molecular flexibility index (Phi) is 4.42. The first-order chi connectivity index (χ1) is 11.3. The molecule has 1 saturated heterocycles. The molecule has 0 unspecified atom stereocenters. The number of benzene rings is 1. The van der Waals surface area contributed by atoms with Crippen molar-refractivity contribution in [3.05, 3.63) is 52.0 Å². The summed E-state index contributed by atoms with van der Waals surface area (Å²) in [6.07, 6.45) is 3.94. The van der Waals surface area contributed by atoms with Crippen molar-refractivity contribution in [1.29, 1.82) is 0 Å². The third-order valence-corrected chi connectivity index (χ3v) is 5.76. The molecule has 23 heavy (non-hydrogen) atoms. The zero-order valence-corrected chi connectivity index (χ0v) is 13.9. The number of rotatable bonds is 5. The van der Waals surface area contributed by atoms with E-state index < -0.39 is 6.17 Å². The number of likely N-dealkylation sites (tertiary alicyclic amines) is 1. The van der Waals surface area contributed by atoms with Gasteiger partial charge in [0.1, 0.15) is 11.2 Å². The van der Waals surface area contributed by atoms with E-state index in [-0.39, 0.29) is 6.04 Å². The number of halogens is 1. The van der Waals surface area contributed by atoms with E-state index >= 15 is 0 Å². The zero-order valence-electron chi connectivity index (χ0n) is 13.1. The van der Waals surface area contributed by atoms with Crippen LogP contribution in [0.3, 0.4) is 0 Å². The number of aromatic nitrogens is 1. The minimum atomic E-state index is -0.706. The Morgan fingerprint density at radius 1 is 1.26 bits per heavy atom. The molecule has 122 valence electrons. The van der Waals surface area contributed by atoms with Gasteiger partial charge in [-0.05, 0) is 30.4 Å². The largest absolute Gasteiger partial charge is 0.312 e. The summed E-state index contributed by atoms with van der Waals surface area (Å²) in [4.78, 5) is 6.59. The highest BCUT2D eigenvalue weighted by Crippen LogP contribution is 2.25. The first-order valence-electron chi connectivity index (χ1n) is 8.34. The number of alkyl halides is 1. The van der Waals surface area contributed by atoms with Gasteiger partial charge in [0.2, 0.25) is 0 Å². The Balaban J connectivity index is 1.33. The lowest BCUT2D eigenvalue weighted by Gasteiger charge is -2.25. The predicted molar refractivity (Wildman–Crippen MR) is 91.5 cm³/mol. The summed E-state index contributed by atoms with van der Waals surface area (Å²) in [6, 6.07) is 9.44. The van der Waals surface area contributed by atoms with E-state index in [1.54, 1.807) is 11.3 Å². The molecule has 0 radical (unpaired) electrons. The molecule has 2 atom stereocenters. The van der Waals surface area contributed by atoms with Gasteiger partial charge >= 0.3 is 0 Å². The summed E-state index contributed by atoms with van der Waals surface area (Å²) in [7, 11) is 0. The maximum absolute atomic E-state index is 13.9. The lowest BCUT2D eigenvalue weighted by atomic mass is 10.1. The van der Waals surface area contributed by atoms with Gasteiger partial charge in [-0.3, -0.25) is 4.90 Å². The number of hydrogen-bond donors (Lipinski definition) is 1. The van der Waals surface area contributed by atoms with E-state index in [1.165, 1.54) is 11.1 Å². The molecule has 0 saturated carbocycles. The molecule has 0 spiro atoms. The van der Waals surface area contributed by atoms with Gasteiger partial charge in [0, 0.05) is 36.8 Å². The highest BCUT2D eigenvalue weighted by Gasteiger charge is 2.33. The zero-order chi connectivity index (χ0) is 15.6. The fourth-order valence-electron chi connectivity index (χ4n) is 3.84. The number of thiazole rings is 1. The predicted octanol–water partition coefficient (Wildman–Crippen LogP) is 2.81. The molecule has 2 heterocycles. The van der Waals surface area contributed by atoms with Crippen molar-refractivity contribution in [3.63, 3.8) is 0 Å². The van der Waals surface area contributed by atoms with Crippen molar-refractivity contribution in [1.82, 2.24) is 15.2 Å². The maximum atomic E-state index is 13.9. The van der Waals surface area contributed by atoms with E-state index in [4.69, 9.17) is 0 Å². The first-order valence-corrected chi connectivity index (χ1v) is 9.22. The monoisotopic (exact) mass is 331 g/mol. The van der Waals surface area contributed by atoms with Crippen LogP contribution in [0.4, 0.5) is 4.39 Å². The molecule has 2 aliphatic rings. The lowest BCUT2D eigenvalue weighted by molar-refractivity contribution is 0.226. The first kappa shape index (κ1) is 15.2. The van der Waals surface area contributed by atoms with Gasteiger partial charge in [0.05, 0.1) is 6.54 Å².